The molecule has 0 aliphatic heterocycles. The number of carbonyl (C=O) groups is 1. The lowest BCUT2D eigenvalue weighted by Gasteiger charge is -2.17. The van der Waals surface area contributed by atoms with Crippen LogP contribution < -0.4 is 11.1 Å². The molecule has 2 aromatic rings. The monoisotopic (exact) mass is 320 g/mol. The summed E-state index contributed by atoms with van der Waals surface area (Å²) in [6, 6.07) is 8.91. The van der Waals surface area contributed by atoms with E-state index in [2.05, 4.69) is 14.9 Å². The predicted molar refractivity (Wildman–Crippen MR) is 87.3 cm³/mol. The molecule has 0 saturated carbocycles. The maximum Gasteiger partial charge on any atom is 0.265 e. The van der Waals surface area contributed by atoms with E-state index in [9.17, 15) is 4.79 Å². The number of nitrogens with zero attached hydrogens (tertiary/aromatic N) is 2. The summed E-state index contributed by atoms with van der Waals surface area (Å²) in [6.45, 7) is 2.03. The van der Waals surface area contributed by atoms with Gasteiger partial charge in [-0.2, -0.15) is 0 Å². The summed E-state index contributed by atoms with van der Waals surface area (Å²) in [5, 5.41) is 6.85. The minimum absolute atomic E-state index is 0.226. The van der Waals surface area contributed by atoms with Gasteiger partial charge in [0.25, 0.3) is 5.91 Å². The average Bonchev–Trinajstić information content (AvgIpc) is 2.94. The first-order chi connectivity index (χ1) is 10.1. The molecule has 7 heteroatoms. The van der Waals surface area contributed by atoms with Gasteiger partial charge in [-0.3, -0.25) is 4.79 Å². The zero-order chi connectivity index (χ0) is 15.2. The lowest BCUT2D eigenvalue weighted by molar-refractivity contribution is 0.0950. The second-order valence-corrected chi connectivity index (χ2v) is 5.74. The zero-order valence-electron chi connectivity index (χ0n) is 11.6. The fraction of sp³-hybridized carbons (Fsp3) is 0.286. The molecule has 21 heavy (non-hydrogen) atoms. The number of hydrogen-bond donors (Lipinski definition) is 2. The van der Waals surface area contributed by atoms with Gasteiger partial charge in [-0.25, -0.2) is 0 Å². The lowest BCUT2D eigenvalue weighted by atomic mass is 10.1. The maximum absolute atomic E-state index is 12.4. The van der Waals surface area contributed by atoms with E-state index in [1.54, 1.807) is 0 Å². The Labute approximate surface area is 132 Å². The summed E-state index contributed by atoms with van der Waals surface area (Å²) in [6.07, 6.45) is 1.63. The second kappa shape index (κ2) is 7.24. The molecule has 0 bridgehead atoms. The summed E-state index contributed by atoms with van der Waals surface area (Å²) in [5.41, 5.74) is 7.33. The lowest BCUT2D eigenvalue weighted by Crippen LogP contribution is -2.36. The molecule has 2 rings (SSSR count). The van der Waals surface area contributed by atoms with Crippen LogP contribution in [0.4, 0.5) is 0 Å². The molecule has 0 aliphatic carbocycles. The molecular weight excluding hydrogens is 304 g/mol. The minimum Gasteiger partial charge on any atom is -0.391 e. The number of carbonyl (C=O) groups excluding carboxylic acids is 1. The molecule has 0 fully saturated rings. The number of rotatable bonds is 6. The van der Waals surface area contributed by atoms with Crippen molar-refractivity contribution in [2.45, 2.75) is 25.8 Å². The molecule has 0 spiro atoms. The Morgan fingerprint density at radius 2 is 2.14 bits per heavy atom. The van der Waals surface area contributed by atoms with Gasteiger partial charge in [0, 0.05) is 0 Å². The Bertz CT molecular complexity index is 627. The number of aryl methyl sites for hydroxylation is 1. The third-order valence-corrected chi connectivity index (χ3v) is 3.94. The van der Waals surface area contributed by atoms with Crippen LogP contribution in [0.3, 0.4) is 0 Å². The highest BCUT2D eigenvalue weighted by Crippen LogP contribution is 2.17. The van der Waals surface area contributed by atoms with Crippen molar-refractivity contribution in [1.82, 2.24) is 14.9 Å². The third-order valence-electron chi connectivity index (χ3n) is 2.94. The molecule has 5 nitrogen and oxygen atoms in total. The van der Waals surface area contributed by atoms with Crippen LogP contribution in [0.15, 0.2) is 30.3 Å². The van der Waals surface area contributed by atoms with Gasteiger partial charge in [-0.05, 0) is 23.5 Å². The van der Waals surface area contributed by atoms with Gasteiger partial charge in [0.2, 0.25) is 0 Å². The van der Waals surface area contributed by atoms with Gasteiger partial charge >= 0.3 is 0 Å². The summed E-state index contributed by atoms with van der Waals surface area (Å²) in [4.78, 5) is 13.1. The third kappa shape index (κ3) is 3.83. The van der Waals surface area contributed by atoms with Crippen LogP contribution in [0.25, 0.3) is 0 Å². The fourth-order valence-corrected chi connectivity index (χ4v) is 2.75. The highest BCUT2D eigenvalue weighted by Gasteiger charge is 2.21. The first-order valence-corrected chi connectivity index (χ1v) is 7.78. The maximum atomic E-state index is 12.4. The molecule has 1 unspecified atom stereocenters. The van der Waals surface area contributed by atoms with E-state index in [0.717, 1.165) is 35.6 Å². The van der Waals surface area contributed by atoms with Crippen LogP contribution in [0.2, 0.25) is 0 Å². The number of nitrogens with one attached hydrogen (secondary N) is 1. The highest BCUT2D eigenvalue weighted by molar-refractivity contribution is 7.80. The van der Waals surface area contributed by atoms with Crippen molar-refractivity contribution >= 4 is 34.6 Å². The first-order valence-electron chi connectivity index (χ1n) is 6.59. The Balaban J connectivity index is 2.19. The summed E-state index contributed by atoms with van der Waals surface area (Å²) in [5.74, 6) is -0.241. The van der Waals surface area contributed by atoms with Gasteiger partial charge in [-0.15, -0.1) is 5.10 Å². The molecule has 0 saturated heterocycles. The molecule has 110 valence electrons. The SMILES string of the molecule is CCCc1nnsc1C(=O)NC(C(N)=S)c1ccccc1. The normalized spacial score (nSPS) is 11.9. The van der Waals surface area contributed by atoms with Crippen LogP contribution in [-0.4, -0.2) is 20.5 Å². The van der Waals surface area contributed by atoms with Crippen molar-refractivity contribution in [3.63, 3.8) is 0 Å². The largest absolute Gasteiger partial charge is 0.391 e. The number of hydrogen-bond acceptors (Lipinski definition) is 5. The van der Waals surface area contributed by atoms with E-state index < -0.39 is 6.04 Å². The van der Waals surface area contributed by atoms with Gasteiger partial charge < -0.3 is 11.1 Å². The van der Waals surface area contributed by atoms with Gasteiger partial charge in [-0.1, -0.05) is 60.4 Å². The summed E-state index contributed by atoms with van der Waals surface area (Å²) >= 11 is 6.16. The van der Waals surface area contributed by atoms with Crippen LogP contribution in [-0.2, 0) is 6.42 Å². The standard InChI is InChI=1S/C14H16N4OS2/c1-2-6-10-12(21-18-17-10)14(19)16-11(13(15)20)9-7-4-3-5-8-9/h3-5,7-8,11H,2,6H2,1H3,(H2,15,20)(H,16,19). The molecule has 1 heterocycles. The number of aromatic nitrogens is 2. The number of thiocarbonyl (C=S) groups is 1. The van der Waals surface area contributed by atoms with Crippen LogP contribution in [0.5, 0.6) is 0 Å². The Kier molecular flexibility index (Phi) is 5.35. The van der Waals surface area contributed by atoms with E-state index >= 15 is 0 Å². The zero-order valence-corrected chi connectivity index (χ0v) is 13.2. The van der Waals surface area contributed by atoms with Crippen LogP contribution in [0, 0.1) is 0 Å². The van der Waals surface area contributed by atoms with Gasteiger partial charge in [0.05, 0.1) is 5.69 Å². The van der Waals surface area contributed by atoms with E-state index in [0.29, 0.717) is 4.88 Å². The van der Waals surface area contributed by atoms with Crippen LogP contribution in [0.1, 0.15) is 40.3 Å². The number of benzene rings is 1. The predicted octanol–water partition coefficient (Wildman–Crippen LogP) is 2.25. The topological polar surface area (TPSA) is 80.9 Å². The van der Waals surface area contributed by atoms with E-state index in [1.165, 1.54) is 0 Å². The quantitative estimate of drug-likeness (QED) is 0.798. The fourth-order valence-electron chi connectivity index (χ4n) is 1.94. The van der Waals surface area contributed by atoms with E-state index in [4.69, 9.17) is 18.0 Å². The molecule has 1 aromatic carbocycles. The minimum atomic E-state index is -0.495. The molecule has 1 atom stereocenters. The van der Waals surface area contributed by atoms with Crippen molar-refractivity contribution in [3.05, 3.63) is 46.5 Å². The molecule has 1 amide bonds. The number of amides is 1. The smallest absolute Gasteiger partial charge is 0.265 e. The molecule has 0 aliphatic rings. The molecule has 3 N–H and O–H groups in total. The number of nitrogens with two attached hydrogens (primary N) is 1. The van der Waals surface area contributed by atoms with Crippen molar-refractivity contribution in [1.29, 1.82) is 0 Å². The Morgan fingerprint density at radius 3 is 2.76 bits per heavy atom. The molecule has 0 radical (unpaired) electrons. The highest BCUT2D eigenvalue weighted by atomic mass is 32.1. The van der Waals surface area contributed by atoms with Crippen molar-refractivity contribution in [3.8, 4) is 0 Å². The molecule has 1 aromatic heterocycles. The van der Waals surface area contributed by atoms with Crippen molar-refractivity contribution in [2.75, 3.05) is 0 Å². The van der Waals surface area contributed by atoms with E-state index in [1.807, 2.05) is 37.3 Å². The summed E-state index contributed by atoms with van der Waals surface area (Å²) in [7, 11) is 0. The van der Waals surface area contributed by atoms with Gasteiger partial charge in [0.1, 0.15) is 15.9 Å². The first kappa shape index (κ1) is 15.5. The van der Waals surface area contributed by atoms with Crippen molar-refractivity contribution < 1.29 is 4.79 Å². The second-order valence-electron chi connectivity index (χ2n) is 4.52. The van der Waals surface area contributed by atoms with Gasteiger partial charge in [0.15, 0.2) is 0 Å². The molecular formula is C14H16N4OS2. The summed E-state index contributed by atoms with van der Waals surface area (Å²) < 4.78 is 3.85. The Morgan fingerprint density at radius 1 is 1.43 bits per heavy atom. The average molecular weight is 320 g/mol. The Hall–Kier alpha value is -1.86. The van der Waals surface area contributed by atoms with Crippen LogP contribution >= 0.6 is 23.8 Å². The van der Waals surface area contributed by atoms with Crippen molar-refractivity contribution in [2.24, 2.45) is 5.73 Å². The van der Waals surface area contributed by atoms with E-state index in [-0.39, 0.29) is 10.9 Å².